The number of nitrogens with zero attached hydrogens (tertiary/aromatic N) is 2. The van der Waals surface area contributed by atoms with Gasteiger partial charge in [-0.15, -0.1) is 0 Å². The van der Waals surface area contributed by atoms with Gasteiger partial charge in [0.25, 0.3) is 0 Å². The van der Waals surface area contributed by atoms with Crippen LogP contribution in [-0.2, 0) is 0 Å². The van der Waals surface area contributed by atoms with Gasteiger partial charge in [0.2, 0.25) is 0 Å². The number of nitriles is 2. The molecule has 0 aromatic heterocycles. The van der Waals surface area contributed by atoms with Crippen molar-refractivity contribution in [3.05, 3.63) is 59.7 Å². The molecule has 0 N–H and O–H groups in total. The number of Topliss-reactive ketones (excluding diaryl/α,β-unsaturated/α-hetero) is 1. The second kappa shape index (κ2) is 8.52. The first-order valence-electron chi connectivity index (χ1n) is 7.74. The quantitative estimate of drug-likeness (QED) is 0.721. The van der Waals surface area contributed by atoms with Gasteiger partial charge in [0.05, 0.1) is 26.4 Å². The Labute approximate surface area is 147 Å². The van der Waals surface area contributed by atoms with Crippen molar-refractivity contribution in [1.29, 1.82) is 10.5 Å². The molecule has 1 atom stereocenters. The highest BCUT2D eigenvalue weighted by Gasteiger charge is 2.27. The van der Waals surface area contributed by atoms with Crippen molar-refractivity contribution < 1.29 is 14.3 Å². The van der Waals surface area contributed by atoms with E-state index in [0.29, 0.717) is 22.6 Å². The summed E-state index contributed by atoms with van der Waals surface area (Å²) in [5, 5.41) is 18.7. The van der Waals surface area contributed by atoms with Gasteiger partial charge in [0, 0.05) is 17.9 Å². The molecule has 5 nitrogen and oxygen atoms in total. The van der Waals surface area contributed by atoms with Crippen molar-refractivity contribution in [2.45, 2.75) is 12.3 Å². The maximum atomic E-state index is 12.6. The fourth-order valence-electron chi connectivity index (χ4n) is 2.66. The van der Waals surface area contributed by atoms with E-state index in [1.165, 1.54) is 14.2 Å². The summed E-state index contributed by atoms with van der Waals surface area (Å²) < 4.78 is 10.5. The van der Waals surface area contributed by atoms with Gasteiger partial charge in [0.1, 0.15) is 5.92 Å². The normalized spacial score (nSPS) is 11.2. The third kappa shape index (κ3) is 4.16. The van der Waals surface area contributed by atoms with E-state index in [1.54, 1.807) is 42.5 Å². The van der Waals surface area contributed by atoms with Crippen molar-refractivity contribution in [3.8, 4) is 23.6 Å². The lowest BCUT2D eigenvalue weighted by molar-refractivity contribution is 0.0970. The Morgan fingerprint density at radius 2 is 1.64 bits per heavy atom. The van der Waals surface area contributed by atoms with Crippen LogP contribution in [0, 0.1) is 28.6 Å². The number of hydrogen-bond donors (Lipinski definition) is 0. The zero-order chi connectivity index (χ0) is 18.2. The van der Waals surface area contributed by atoms with Crippen LogP contribution >= 0.6 is 0 Å². The number of ether oxygens (including phenoxy) is 2. The van der Waals surface area contributed by atoms with Crippen molar-refractivity contribution in [3.63, 3.8) is 0 Å². The molecule has 0 amide bonds. The predicted octanol–water partition coefficient (Wildman–Crippen LogP) is 3.72. The number of carbonyl (C=O) groups is 1. The van der Waals surface area contributed by atoms with Gasteiger partial charge < -0.3 is 9.47 Å². The Kier molecular flexibility index (Phi) is 6.14. The van der Waals surface area contributed by atoms with Crippen molar-refractivity contribution in [1.82, 2.24) is 0 Å². The summed E-state index contributed by atoms with van der Waals surface area (Å²) in [5.41, 5.74) is 1.25. The van der Waals surface area contributed by atoms with Crippen LogP contribution in [-0.4, -0.2) is 20.0 Å². The van der Waals surface area contributed by atoms with Crippen LogP contribution in [0.5, 0.6) is 11.5 Å². The summed E-state index contributed by atoms with van der Waals surface area (Å²) in [5.74, 6) is -0.569. The second-order valence-electron chi connectivity index (χ2n) is 5.45. The molecular weight excluding hydrogens is 316 g/mol. The second-order valence-corrected chi connectivity index (χ2v) is 5.45. The Morgan fingerprint density at radius 3 is 2.20 bits per heavy atom. The van der Waals surface area contributed by atoms with Gasteiger partial charge in [-0.25, -0.2) is 0 Å². The molecule has 5 heteroatoms. The molecule has 0 aliphatic heterocycles. The highest BCUT2D eigenvalue weighted by molar-refractivity contribution is 5.96. The molecule has 1 unspecified atom stereocenters. The first kappa shape index (κ1) is 18.0. The standard InChI is InChI=1S/C20H18N2O3/c1-24-19-9-8-15(10-20(19)25-2)17(16(12-21)13-22)11-18(23)14-6-4-3-5-7-14/h3-10,16-17H,11H2,1-2H3. The number of carbonyl (C=O) groups excluding carboxylic acids is 1. The van der Waals surface area contributed by atoms with Gasteiger partial charge in [-0.1, -0.05) is 36.4 Å². The Balaban J connectivity index is 2.39. The highest BCUT2D eigenvalue weighted by atomic mass is 16.5. The zero-order valence-corrected chi connectivity index (χ0v) is 14.1. The van der Waals surface area contributed by atoms with E-state index in [1.807, 2.05) is 18.2 Å². The first-order chi connectivity index (χ1) is 12.1. The fraction of sp³-hybridized carbons (Fsp3) is 0.250. The van der Waals surface area contributed by atoms with Crippen LogP contribution in [0.25, 0.3) is 0 Å². The lowest BCUT2D eigenvalue weighted by Crippen LogP contribution is -2.15. The van der Waals surface area contributed by atoms with Gasteiger partial charge >= 0.3 is 0 Å². The number of ketones is 1. The molecule has 0 radical (unpaired) electrons. The Bertz CT molecular complexity index is 805. The van der Waals surface area contributed by atoms with Crippen LogP contribution in [0.15, 0.2) is 48.5 Å². The molecule has 25 heavy (non-hydrogen) atoms. The van der Waals surface area contributed by atoms with E-state index in [9.17, 15) is 15.3 Å². The Morgan fingerprint density at radius 1 is 1.00 bits per heavy atom. The van der Waals surface area contributed by atoms with E-state index < -0.39 is 11.8 Å². The monoisotopic (exact) mass is 334 g/mol. The summed E-state index contributed by atoms with van der Waals surface area (Å²) >= 11 is 0. The molecule has 0 spiro atoms. The summed E-state index contributed by atoms with van der Waals surface area (Å²) in [6.45, 7) is 0. The van der Waals surface area contributed by atoms with E-state index in [2.05, 4.69) is 0 Å². The minimum Gasteiger partial charge on any atom is -0.493 e. The molecule has 0 aliphatic rings. The van der Waals surface area contributed by atoms with E-state index in [-0.39, 0.29) is 12.2 Å². The zero-order valence-electron chi connectivity index (χ0n) is 14.1. The van der Waals surface area contributed by atoms with Crippen LogP contribution in [0.1, 0.15) is 28.3 Å². The van der Waals surface area contributed by atoms with Crippen LogP contribution in [0.2, 0.25) is 0 Å². The maximum Gasteiger partial charge on any atom is 0.163 e. The fourth-order valence-corrected chi connectivity index (χ4v) is 2.66. The molecule has 2 rings (SSSR count). The van der Waals surface area contributed by atoms with E-state index in [0.717, 1.165) is 0 Å². The number of hydrogen-bond acceptors (Lipinski definition) is 5. The topological polar surface area (TPSA) is 83.1 Å². The molecule has 126 valence electrons. The van der Waals surface area contributed by atoms with Crippen molar-refractivity contribution in [2.75, 3.05) is 14.2 Å². The highest BCUT2D eigenvalue weighted by Crippen LogP contribution is 2.35. The summed E-state index contributed by atoms with van der Waals surface area (Å²) in [6, 6.07) is 18.0. The van der Waals surface area contributed by atoms with Gasteiger partial charge in [-0.3, -0.25) is 4.79 Å². The molecule has 0 saturated carbocycles. The maximum absolute atomic E-state index is 12.6. The Hall–Kier alpha value is -3.31. The SMILES string of the molecule is COc1ccc(C(CC(=O)c2ccccc2)C(C#N)C#N)cc1OC. The van der Waals surface area contributed by atoms with Gasteiger partial charge in [0.15, 0.2) is 17.3 Å². The lowest BCUT2D eigenvalue weighted by atomic mass is 9.82. The molecule has 0 bridgehead atoms. The van der Waals surface area contributed by atoms with E-state index in [4.69, 9.17) is 9.47 Å². The molecule has 0 heterocycles. The number of rotatable bonds is 7. The summed E-state index contributed by atoms with van der Waals surface area (Å²) in [4.78, 5) is 12.6. The molecule has 0 fully saturated rings. The van der Waals surface area contributed by atoms with Crippen molar-refractivity contribution in [2.24, 2.45) is 5.92 Å². The third-order valence-corrected chi connectivity index (χ3v) is 4.02. The molecule has 2 aromatic carbocycles. The van der Waals surface area contributed by atoms with Gasteiger partial charge in [-0.2, -0.15) is 10.5 Å². The summed E-state index contributed by atoms with van der Waals surface area (Å²) in [7, 11) is 3.04. The van der Waals surface area contributed by atoms with Crippen LogP contribution < -0.4 is 9.47 Å². The van der Waals surface area contributed by atoms with Crippen molar-refractivity contribution >= 4 is 5.78 Å². The number of methoxy groups -OCH3 is 2. The minimum absolute atomic E-state index is 0.0608. The summed E-state index contributed by atoms with van der Waals surface area (Å²) in [6.07, 6.45) is 0.0608. The van der Waals surface area contributed by atoms with E-state index >= 15 is 0 Å². The predicted molar refractivity (Wildman–Crippen MR) is 92.4 cm³/mol. The third-order valence-electron chi connectivity index (χ3n) is 4.02. The largest absolute Gasteiger partial charge is 0.493 e. The van der Waals surface area contributed by atoms with Crippen LogP contribution in [0.3, 0.4) is 0 Å². The minimum atomic E-state index is -0.939. The smallest absolute Gasteiger partial charge is 0.163 e. The van der Waals surface area contributed by atoms with Gasteiger partial charge in [-0.05, 0) is 17.7 Å². The first-order valence-corrected chi connectivity index (χ1v) is 7.74. The lowest BCUT2D eigenvalue weighted by Gasteiger charge is -2.19. The average Bonchev–Trinajstić information content (AvgIpc) is 2.68. The average molecular weight is 334 g/mol. The molecule has 0 saturated heterocycles. The molecule has 2 aromatic rings. The van der Waals surface area contributed by atoms with Crippen LogP contribution in [0.4, 0.5) is 0 Å². The molecule has 0 aliphatic carbocycles. The molecular formula is C20H18N2O3. The number of benzene rings is 2.